The molecule has 0 aliphatic carbocycles. The Morgan fingerprint density at radius 3 is 2.42 bits per heavy atom. The second-order valence-electron chi connectivity index (χ2n) is 5.01. The van der Waals surface area contributed by atoms with E-state index in [9.17, 15) is 4.79 Å². The minimum atomic E-state index is -0.298. The number of amides is 2. The van der Waals surface area contributed by atoms with Gasteiger partial charge in [0.2, 0.25) is 0 Å². The zero-order chi connectivity index (χ0) is 17.4. The van der Waals surface area contributed by atoms with Crippen molar-refractivity contribution in [1.82, 2.24) is 5.32 Å². The first-order chi connectivity index (χ1) is 11.7. The number of anilines is 1. The first-order valence-electron chi connectivity index (χ1n) is 7.56. The Labute approximate surface area is 141 Å². The summed E-state index contributed by atoms with van der Waals surface area (Å²) in [6.45, 7) is 0.491. The van der Waals surface area contributed by atoms with Crippen LogP contribution in [0.25, 0.3) is 0 Å². The fourth-order valence-electron chi connectivity index (χ4n) is 2.29. The number of urea groups is 1. The fourth-order valence-corrected chi connectivity index (χ4v) is 2.29. The Balaban J connectivity index is 1.89. The van der Waals surface area contributed by atoms with Crippen molar-refractivity contribution in [3.8, 4) is 17.2 Å². The van der Waals surface area contributed by atoms with E-state index in [4.69, 9.17) is 14.2 Å². The molecule has 0 saturated heterocycles. The monoisotopic (exact) mass is 330 g/mol. The number of methoxy groups -OCH3 is 3. The largest absolute Gasteiger partial charge is 0.497 e. The van der Waals surface area contributed by atoms with Crippen molar-refractivity contribution in [1.29, 1.82) is 0 Å². The molecule has 0 radical (unpaired) electrons. The maximum Gasteiger partial charge on any atom is 0.319 e. The summed E-state index contributed by atoms with van der Waals surface area (Å²) in [4.78, 5) is 12.0. The van der Waals surface area contributed by atoms with Gasteiger partial charge in [0, 0.05) is 12.6 Å². The molecule has 0 aromatic heterocycles. The molecule has 2 amide bonds. The molecular formula is C18H22N2O4. The van der Waals surface area contributed by atoms with Crippen LogP contribution in [0.4, 0.5) is 10.5 Å². The van der Waals surface area contributed by atoms with E-state index in [0.717, 1.165) is 11.3 Å². The summed E-state index contributed by atoms with van der Waals surface area (Å²) in [5.74, 6) is 2.01. The number of nitrogens with one attached hydrogen (secondary N) is 2. The maximum atomic E-state index is 12.0. The molecule has 6 nitrogen and oxygen atoms in total. The second kappa shape index (κ2) is 8.67. The van der Waals surface area contributed by atoms with E-state index in [2.05, 4.69) is 10.6 Å². The first-order valence-corrected chi connectivity index (χ1v) is 7.56. The highest BCUT2D eigenvalue weighted by Crippen LogP contribution is 2.28. The van der Waals surface area contributed by atoms with Gasteiger partial charge in [-0.2, -0.15) is 0 Å². The van der Waals surface area contributed by atoms with Gasteiger partial charge in [-0.1, -0.05) is 18.2 Å². The summed E-state index contributed by atoms with van der Waals surface area (Å²) in [5, 5.41) is 5.58. The van der Waals surface area contributed by atoms with Gasteiger partial charge in [0.15, 0.2) is 0 Å². The van der Waals surface area contributed by atoms with Gasteiger partial charge >= 0.3 is 6.03 Å². The molecule has 2 aromatic rings. The minimum absolute atomic E-state index is 0.298. The van der Waals surface area contributed by atoms with Gasteiger partial charge in [0.05, 0.1) is 27.0 Å². The van der Waals surface area contributed by atoms with Gasteiger partial charge in [-0.25, -0.2) is 4.79 Å². The molecule has 0 bridgehead atoms. The highest BCUT2D eigenvalue weighted by atomic mass is 16.5. The average Bonchev–Trinajstić information content (AvgIpc) is 2.62. The molecule has 0 fully saturated rings. The van der Waals surface area contributed by atoms with Gasteiger partial charge in [-0.3, -0.25) is 0 Å². The Bertz CT molecular complexity index is 688. The SMILES string of the molecule is COc1ccc(NC(=O)NCCc2ccccc2OC)c(OC)c1. The predicted octanol–water partition coefficient (Wildman–Crippen LogP) is 3.08. The van der Waals surface area contributed by atoms with E-state index < -0.39 is 0 Å². The zero-order valence-electron chi connectivity index (χ0n) is 14.1. The van der Waals surface area contributed by atoms with Crippen molar-refractivity contribution in [3.63, 3.8) is 0 Å². The number of benzene rings is 2. The Morgan fingerprint density at radius 1 is 0.958 bits per heavy atom. The van der Waals surface area contributed by atoms with Crippen molar-refractivity contribution >= 4 is 11.7 Å². The van der Waals surface area contributed by atoms with Crippen LogP contribution in [-0.2, 0) is 6.42 Å². The standard InChI is InChI=1S/C18H22N2O4/c1-22-14-8-9-15(17(12-14)24-3)20-18(21)19-11-10-13-6-4-5-7-16(13)23-2/h4-9,12H,10-11H2,1-3H3,(H2,19,20,21). The molecule has 0 aliphatic rings. The minimum Gasteiger partial charge on any atom is -0.497 e. The number of hydrogen-bond donors (Lipinski definition) is 2. The molecule has 2 rings (SSSR count). The summed E-state index contributed by atoms with van der Waals surface area (Å²) in [6, 6.07) is 12.6. The normalized spacial score (nSPS) is 9.96. The molecular weight excluding hydrogens is 308 g/mol. The number of para-hydroxylation sites is 1. The van der Waals surface area contributed by atoms with Crippen LogP contribution in [0.3, 0.4) is 0 Å². The second-order valence-corrected chi connectivity index (χ2v) is 5.01. The van der Waals surface area contributed by atoms with Gasteiger partial charge < -0.3 is 24.8 Å². The van der Waals surface area contributed by atoms with E-state index in [1.165, 1.54) is 0 Å². The zero-order valence-corrected chi connectivity index (χ0v) is 14.1. The Kier molecular flexibility index (Phi) is 6.31. The number of rotatable bonds is 7. The van der Waals surface area contributed by atoms with Crippen LogP contribution in [0.5, 0.6) is 17.2 Å². The van der Waals surface area contributed by atoms with Gasteiger partial charge in [0.1, 0.15) is 17.2 Å². The van der Waals surface area contributed by atoms with E-state index in [1.807, 2.05) is 24.3 Å². The quantitative estimate of drug-likeness (QED) is 0.818. The lowest BCUT2D eigenvalue weighted by Crippen LogP contribution is -2.30. The lowest BCUT2D eigenvalue weighted by Gasteiger charge is -2.13. The highest BCUT2D eigenvalue weighted by Gasteiger charge is 2.09. The number of carbonyl (C=O) groups excluding carboxylic acids is 1. The van der Waals surface area contributed by atoms with Crippen molar-refractivity contribution in [3.05, 3.63) is 48.0 Å². The summed E-state index contributed by atoms with van der Waals surface area (Å²) < 4.78 is 15.7. The van der Waals surface area contributed by atoms with E-state index in [-0.39, 0.29) is 6.03 Å². The molecule has 0 heterocycles. The summed E-state index contributed by atoms with van der Waals surface area (Å²) in [5.41, 5.74) is 1.62. The topological polar surface area (TPSA) is 68.8 Å². The lowest BCUT2D eigenvalue weighted by atomic mass is 10.1. The summed E-state index contributed by atoms with van der Waals surface area (Å²) in [7, 11) is 4.75. The molecule has 2 aromatic carbocycles. The third-order valence-electron chi connectivity index (χ3n) is 3.53. The molecule has 0 spiro atoms. The molecule has 6 heteroatoms. The third kappa shape index (κ3) is 4.55. The van der Waals surface area contributed by atoms with E-state index in [0.29, 0.717) is 30.2 Å². The maximum absolute atomic E-state index is 12.0. The van der Waals surface area contributed by atoms with Crippen molar-refractivity contribution in [2.24, 2.45) is 0 Å². The van der Waals surface area contributed by atoms with E-state index in [1.54, 1.807) is 39.5 Å². The molecule has 0 aliphatic heterocycles. The van der Waals surface area contributed by atoms with Crippen LogP contribution in [0.1, 0.15) is 5.56 Å². The highest BCUT2D eigenvalue weighted by molar-refractivity contribution is 5.91. The van der Waals surface area contributed by atoms with Crippen LogP contribution in [0.15, 0.2) is 42.5 Å². The van der Waals surface area contributed by atoms with Crippen LogP contribution in [0.2, 0.25) is 0 Å². The number of hydrogen-bond acceptors (Lipinski definition) is 4. The molecule has 0 unspecified atom stereocenters. The van der Waals surface area contributed by atoms with Gasteiger partial charge in [0.25, 0.3) is 0 Å². The smallest absolute Gasteiger partial charge is 0.319 e. The van der Waals surface area contributed by atoms with Crippen LogP contribution in [0, 0.1) is 0 Å². The summed E-state index contributed by atoms with van der Waals surface area (Å²) >= 11 is 0. The summed E-state index contributed by atoms with van der Waals surface area (Å²) in [6.07, 6.45) is 0.678. The predicted molar refractivity (Wildman–Crippen MR) is 93.3 cm³/mol. The molecule has 2 N–H and O–H groups in total. The molecule has 0 atom stereocenters. The Morgan fingerprint density at radius 2 is 1.71 bits per heavy atom. The van der Waals surface area contributed by atoms with Crippen LogP contribution >= 0.6 is 0 Å². The first kappa shape index (κ1) is 17.5. The van der Waals surface area contributed by atoms with Crippen LogP contribution in [-0.4, -0.2) is 33.9 Å². The third-order valence-corrected chi connectivity index (χ3v) is 3.53. The fraction of sp³-hybridized carbons (Fsp3) is 0.278. The van der Waals surface area contributed by atoms with Gasteiger partial charge in [-0.15, -0.1) is 0 Å². The van der Waals surface area contributed by atoms with Crippen molar-refractivity contribution in [2.75, 3.05) is 33.2 Å². The molecule has 0 saturated carbocycles. The molecule has 128 valence electrons. The van der Waals surface area contributed by atoms with E-state index >= 15 is 0 Å². The van der Waals surface area contributed by atoms with Crippen molar-refractivity contribution in [2.45, 2.75) is 6.42 Å². The average molecular weight is 330 g/mol. The van der Waals surface area contributed by atoms with Crippen molar-refractivity contribution < 1.29 is 19.0 Å². The molecule has 24 heavy (non-hydrogen) atoms. The van der Waals surface area contributed by atoms with Crippen LogP contribution < -0.4 is 24.8 Å². The lowest BCUT2D eigenvalue weighted by molar-refractivity contribution is 0.252. The number of ether oxygens (including phenoxy) is 3. The Hall–Kier alpha value is -2.89. The number of carbonyl (C=O) groups is 1. The van der Waals surface area contributed by atoms with Gasteiger partial charge in [-0.05, 0) is 30.2 Å².